The van der Waals surface area contributed by atoms with Crippen LogP contribution in [0.5, 0.6) is 5.75 Å². The van der Waals surface area contributed by atoms with Crippen molar-refractivity contribution >= 4 is 17.6 Å². The van der Waals surface area contributed by atoms with Gasteiger partial charge >= 0.3 is 6.03 Å². The monoisotopic (exact) mass is 381 g/mol. The maximum atomic E-state index is 12.7. The Balaban J connectivity index is 1.55. The van der Waals surface area contributed by atoms with Gasteiger partial charge in [0.15, 0.2) is 0 Å². The minimum Gasteiger partial charge on any atom is -0.492 e. The number of piperidine rings is 1. The molecular weight excluding hydrogens is 354 g/mol. The zero-order chi connectivity index (χ0) is 19.8. The molecule has 148 valence electrons. The Kier molecular flexibility index (Phi) is 6.89. The van der Waals surface area contributed by atoms with Crippen molar-refractivity contribution < 1.29 is 14.3 Å². The Bertz CT molecular complexity index is 795. The van der Waals surface area contributed by atoms with E-state index < -0.39 is 0 Å². The number of ether oxygens (including phenoxy) is 1. The van der Waals surface area contributed by atoms with Crippen molar-refractivity contribution in [2.75, 3.05) is 25.0 Å². The summed E-state index contributed by atoms with van der Waals surface area (Å²) < 4.78 is 5.57. The number of carbonyl (C=O) groups is 2. The number of nitrogens with zero attached hydrogens (tertiary/aromatic N) is 1. The number of carbonyl (C=O) groups excluding carboxylic acids is 2. The maximum Gasteiger partial charge on any atom is 0.317 e. The molecule has 0 bridgehead atoms. The third kappa shape index (κ3) is 5.25. The Morgan fingerprint density at radius 2 is 1.86 bits per heavy atom. The molecule has 0 saturated carbocycles. The van der Waals surface area contributed by atoms with Gasteiger partial charge in [-0.2, -0.15) is 0 Å². The first-order valence-corrected chi connectivity index (χ1v) is 9.76. The normalized spacial score (nSPS) is 16.3. The first kappa shape index (κ1) is 19.7. The molecule has 0 aliphatic carbocycles. The molecule has 1 fully saturated rings. The molecule has 0 spiro atoms. The van der Waals surface area contributed by atoms with Crippen LogP contribution in [-0.4, -0.2) is 36.5 Å². The fourth-order valence-electron chi connectivity index (χ4n) is 3.35. The largest absolute Gasteiger partial charge is 0.492 e. The van der Waals surface area contributed by atoms with Crippen LogP contribution in [0.3, 0.4) is 0 Å². The van der Waals surface area contributed by atoms with Crippen molar-refractivity contribution in [3.63, 3.8) is 0 Å². The second kappa shape index (κ2) is 9.78. The van der Waals surface area contributed by atoms with Crippen molar-refractivity contribution in [1.29, 1.82) is 0 Å². The average Bonchev–Trinajstić information content (AvgIpc) is 2.74. The molecule has 1 saturated heterocycles. The molecule has 6 nitrogen and oxygen atoms in total. The van der Waals surface area contributed by atoms with E-state index in [1.807, 2.05) is 61.5 Å². The third-order valence-corrected chi connectivity index (χ3v) is 4.81. The molecule has 0 radical (unpaired) electrons. The molecule has 1 aliphatic rings. The van der Waals surface area contributed by atoms with E-state index in [4.69, 9.17) is 4.74 Å². The number of nitrogens with one attached hydrogen (secondary N) is 2. The summed E-state index contributed by atoms with van der Waals surface area (Å²) >= 11 is 0. The summed E-state index contributed by atoms with van der Waals surface area (Å²) in [6.07, 6.45) is 1.58. The van der Waals surface area contributed by atoms with Gasteiger partial charge in [-0.15, -0.1) is 0 Å². The molecule has 3 amide bonds. The number of para-hydroxylation sites is 2. The van der Waals surface area contributed by atoms with Gasteiger partial charge < -0.3 is 20.3 Å². The zero-order valence-corrected chi connectivity index (χ0v) is 16.2. The molecule has 1 aliphatic heterocycles. The summed E-state index contributed by atoms with van der Waals surface area (Å²) in [6, 6.07) is 17.1. The Hall–Kier alpha value is -3.02. The second-order valence-electron chi connectivity index (χ2n) is 6.85. The number of amides is 3. The van der Waals surface area contributed by atoms with E-state index >= 15 is 0 Å². The van der Waals surface area contributed by atoms with Crippen molar-refractivity contribution in [3.05, 3.63) is 60.2 Å². The standard InChI is InChI=1S/C22H27N3O3/c1-2-28-20-13-7-6-12-19(20)24-21(26)18-11-8-14-25(16-18)22(27)23-15-17-9-4-3-5-10-17/h3-7,9-10,12-13,18H,2,8,11,14-16H2,1H3,(H,23,27)(H,24,26)/t18-/m1/s1. The van der Waals surface area contributed by atoms with Gasteiger partial charge in [0.2, 0.25) is 5.91 Å². The number of rotatable bonds is 6. The molecule has 1 atom stereocenters. The van der Waals surface area contributed by atoms with Gasteiger partial charge in [0.1, 0.15) is 5.75 Å². The SMILES string of the molecule is CCOc1ccccc1NC(=O)[C@@H]1CCCN(C(=O)NCc2ccccc2)C1. The number of hydrogen-bond acceptors (Lipinski definition) is 3. The lowest BCUT2D eigenvalue weighted by atomic mass is 9.97. The Labute approximate surface area is 165 Å². The lowest BCUT2D eigenvalue weighted by molar-refractivity contribution is -0.121. The van der Waals surface area contributed by atoms with Gasteiger partial charge in [0.05, 0.1) is 18.2 Å². The Morgan fingerprint density at radius 3 is 2.64 bits per heavy atom. The van der Waals surface area contributed by atoms with Crippen LogP contribution in [-0.2, 0) is 11.3 Å². The van der Waals surface area contributed by atoms with Gasteiger partial charge in [-0.25, -0.2) is 4.79 Å². The highest BCUT2D eigenvalue weighted by molar-refractivity contribution is 5.94. The van der Waals surface area contributed by atoms with E-state index in [2.05, 4.69) is 10.6 Å². The van der Waals surface area contributed by atoms with Gasteiger partial charge in [-0.05, 0) is 37.5 Å². The fourth-order valence-corrected chi connectivity index (χ4v) is 3.35. The summed E-state index contributed by atoms with van der Waals surface area (Å²) in [5.41, 5.74) is 1.72. The summed E-state index contributed by atoms with van der Waals surface area (Å²) in [5.74, 6) is 0.352. The van der Waals surface area contributed by atoms with E-state index in [9.17, 15) is 9.59 Å². The smallest absolute Gasteiger partial charge is 0.317 e. The first-order chi connectivity index (χ1) is 13.7. The van der Waals surface area contributed by atoms with Crippen LogP contribution in [0, 0.1) is 5.92 Å². The number of hydrogen-bond donors (Lipinski definition) is 2. The predicted molar refractivity (Wildman–Crippen MR) is 109 cm³/mol. The van der Waals surface area contributed by atoms with Gasteiger partial charge in [0.25, 0.3) is 0 Å². The van der Waals surface area contributed by atoms with Gasteiger partial charge in [-0.1, -0.05) is 42.5 Å². The lowest BCUT2D eigenvalue weighted by Crippen LogP contribution is -2.47. The molecule has 0 unspecified atom stereocenters. The van der Waals surface area contributed by atoms with Gasteiger partial charge in [0, 0.05) is 19.6 Å². The van der Waals surface area contributed by atoms with E-state index in [0.29, 0.717) is 37.7 Å². The van der Waals surface area contributed by atoms with Crippen LogP contribution in [0.4, 0.5) is 10.5 Å². The van der Waals surface area contributed by atoms with Crippen LogP contribution >= 0.6 is 0 Å². The van der Waals surface area contributed by atoms with Crippen molar-refractivity contribution in [3.8, 4) is 5.75 Å². The number of benzene rings is 2. The van der Waals surface area contributed by atoms with Crippen LogP contribution in [0.2, 0.25) is 0 Å². The first-order valence-electron chi connectivity index (χ1n) is 9.76. The molecule has 1 heterocycles. The molecule has 2 N–H and O–H groups in total. The highest BCUT2D eigenvalue weighted by Crippen LogP contribution is 2.26. The Morgan fingerprint density at radius 1 is 1.11 bits per heavy atom. The second-order valence-corrected chi connectivity index (χ2v) is 6.85. The lowest BCUT2D eigenvalue weighted by Gasteiger charge is -2.32. The van der Waals surface area contributed by atoms with Crippen LogP contribution in [0.25, 0.3) is 0 Å². The maximum absolute atomic E-state index is 12.7. The molecule has 3 rings (SSSR count). The summed E-state index contributed by atoms with van der Waals surface area (Å²) in [7, 11) is 0. The number of likely N-dealkylation sites (tertiary alicyclic amines) is 1. The van der Waals surface area contributed by atoms with Crippen molar-refractivity contribution in [2.45, 2.75) is 26.3 Å². The highest BCUT2D eigenvalue weighted by atomic mass is 16.5. The molecule has 28 heavy (non-hydrogen) atoms. The van der Waals surface area contributed by atoms with E-state index in [0.717, 1.165) is 18.4 Å². The topological polar surface area (TPSA) is 70.7 Å². The minimum absolute atomic E-state index is 0.0762. The van der Waals surface area contributed by atoms with Crippen LogP contribution in [0.15, 0.2) is 54.6 Å². The van der Waals surface area contributed by atoms with E-state index in [-0.39, 0.29) is 17.9 Å². The molecule has 2 aromatic rings. The van der Waals surface area contributed by atoms with Crippen LogP contribution in [0.1, 0.15) is 25.3 Å². The molecular formula is C22H27N3O3. The summed E-state index contributed by atoms with van der Waals surface area (Å²) in [5, 5.41) is 5.90. The van der Waals surface area contributed by atoms with E-state index in [1.54, 1.807) is 4.90 Å². The molecule has 0 aromatic heterocycles. The summed E-state index contributed by atoms with van der Waals surface area (Å²) in [4.78, 5) is 27.0. The van der Waals surface area contributed by atoms with Gasteiger partial charge in [-0.3, -0.25) is 4.79 Å². The number of anilines is 1. The quantitative estimate of drug-likeness (QED) is 0.802. The average molecular weight is 381 g/mol. The third-order valence-electron chi connectivity index (χ3n) is 4.81. The minimum atomic E-state index is -0.231. The molecule has 2 aromatic carbocycles. The van der Waals surface area contributed by atoms with E-state index in [1.165, 1.54) is 0 Å². The zero-order valence-electron chi connectivity index (χ0n) is 16.2. The fraction of sp³-hybridized carbons (Fsp3) is 0.364. The molecule has 6 heteroatoms. The highest BCUT2D eigenvalue weighted by Gasteiger charge is 2.28. The summed E-state index contributed by atoms with van der Waals surface area (Å²) in [6.45, 7) is 4.01. The van der Waals surface area contributed by atoms with Crippen molar-refractivity contribution in [2.24, 2.45) is 5.92 Å². The number of urea groups is 1. The predicted octanol–water partition coefficient (Wildman–Crippen LogP) is 3.65. The van der Waals surface area contributed by atoms with Crippen molar-refractivity contribution in [1.82, 2.24) is 10.2 Å². The van der Waals surface area contributed by atoms with Crippen LogP contribution < -0.4 is 15.4 Å².